The maximum atomic E-state index is 12.3. The molecule has 0 atom stereocenters. The third kappa shape index (κ3) is 4.30. The third-order valence-electron chi connectivity index (χ3n) is 4.27. The first-order valence-corrected chi connectivity index (χ1v) is 9.43. The van der Waals surface area contributed by atoms with Crippen LogP contribution in [0, 0.1) is 5.92 Å². The van der Waals surface area contributed by atoms with Gasteiger partial charge in [0.05, 0.1) is 17.9 Å². The topological polar surface area (TPSA) is 67.9 Å². The lowest BCUT2D eigenvalue weighted by Crippen LogP contribution is -2.03. The summed E-state index contributed by atoms with van der Waals surface area (Å²) >= 11 is 7.40. The molecule has 24 heavy (non-hydrogen) atoms. The molecule has 128 valence electrons. The molecule has 1 fully saturated rings. The molecule has 0 spiro atoms. The number of carbonyl (C=O) groups excluding carboxylic acids is 1. The molecule has 0 saturated heterocycles. The van der Waals surface area contributed by atoms with Gasteiger partial charge in [-0.3, -0.25) is 9.89 Å². The molecule has 1 heterocycles. The molecular weight excluding hydrogens is 346 g/mol. The van der Waals surface area contributed by atoms with Crippen LogP contribution >= 0.6 is 23.4 Å². The number of Topliss-reactive ketones (excluding diaryl/α,β-unsaturated/α-hetero) is 1. The Morgan fingerprint density at radius 2 is 2.21 bits per heavy atom. The molecule has 0 unspecified atom stereocenters. The van der Waals surface area contributed by atoms with E-state index in [0.29, 0.717) is 21.5 Å². The van der Waals surface area contributed by atoms with Crippen LogP contribution in [0.1, 0.15) is 41.9 Å². The lowest BCUT2D eigenvalue weighted by atomic mass is 10.0. The minimum Gasteiger partial charge on any atom is -0.495 e. The smallest absolute Gasteiger partial charge is 0.208 e. The van der Waals surface area contributed by atoms with Crippen molar-refractivity contribution in [1.82, 2.24) is 15.2 Å². The van der Waals surface area contributed by atoms with Gasteiger partial charge in [-0.2, -0.15) is 0 Å². The summed E-state index contributed by atoms with van der Waals surface area (Å²) in [5, 5.41) is 8.24. The quantitative estimate of drug-likeness (QED) is 0.589. The van der Waals surface area contributed by atoms with Gasteiger partial charge >= 0.3 is 0 Å². The predicted molar refractivity (Wildman–Crippen MR) is 95.1 cm³/mol. The van der Waals surface area contributed by atoms with E-state index in [0.717, 1.165) is 18.2 Å². The number of nitrogens with one attached hydrogen (secondary N) is 1. The molecule has 5 nitrogen and oxygen atoms in total. The largest absolute Gasteiger partial charge is 0.495 e. The van der Waals surface area contributed by atoms with Crippen LogP contribution in [0.25, 0.3) is 0 Å². The van der Waals surface area contributed by atoms with Gasteiger partial charge in [0.25, 0.3) is 0 Å². The van der Waals surface area contributed by atoms with Gasteiger partial charge in [-0.15, -0.1) is 5.10 Å². The molecule has 7 heteroatoms. The van der Waals surface area contributed by atoms with Crippen molar-refractivity contribution in [3.05, 3.63) is 34.6 Å². The van der Waals surface area contributed by atoms with E-state index in [1.54, 1.807) is 25.3 Å². The number of carbonyl (C=O) groups is 1. The number of thioether (sulfide) groups is 1. The van der Waals surface area contributed by atoms with Crippen LogP contribution in [0.15, 0.2) is 23.4 Å². The summed E-state index contributed by atoms with van der Waals surface area (Å²) in [5.74, 6) is 2.48. The number of ketones is 1. The number of rotatable bonds is 7. The minimum absolute atomic E-state index is 0.00769. The van der Waals surface area contributed by atoms with Crippen LogP contribution in [0.3, 0.4) is 0 Å². The second-order valence-corrected chi connectivity index (χ2v) is 7.33. The molecule has 2 aromatic rings. The molecular formula is C17H20ClN3O2S. The highest BCUT2D eigenvalue weighted by Gasteiger charge is 2.18. The highest BCUT2D eigenvalue weighted by atomic mass is 35.5. The van der Waals surface area contributed by atoms with Crippen LogP contribution in [0.4, 0.5) is 0 Å². The predicted octanol–water partition coefficient (Wildman–Crippen LogP) is 4.17. The molecule has 0 aliphatic heterocycles. The first-order valence-electron chi connectivity index (χ1n) is 8.06. The van der Waals surface area contributed by atoms with Crippen molar-refractivity contribution in [3.8, 4) is 5.75 Å². The average molecular weight is 366 g/mol. The zero-order valence-electron chi connectivity index (χ0n) is 13.5. The Kier molecular flexibility index (Phi) is 5.79. The fourth-order valence-electron chi connectivity index (χ4n) is 2.97. The Morgan fingerprint density at radius 1 is 1.42 bits per heavy atom. The summed E-state index contributed by atoms with van der Waals surface area (Å²) in [6.45, 7) is 0. The van der Waals surface area contributed by atoms with E-state index < -0.39 is 0 Å². The van der Waals surface area contributed by atoms with Crippen LogP contribution in [-0.4, -0.2) is 33.8 Å². The van der Waals surface area contributed by atoms with Gasteiger partial charge in [-0.1, -0.05) is 49.0 Å². The van der Waals surface area contributed by atoms with Crippen LogP contribution in [-0.2, 0) is 6.42 Å². The van der Waals surface area contributed by atoms with Crippen molar-refractivity contribution in [1.29, 1.82) is 0 Å². The van der Waals surface area contributed by atoms with Crippen molar-refractivity contribution in [2.75, 3.05) is 12.9 Å². The fraction of sp³-hybridized carbons (Fsp3) is 0.471. The standard InChI is InChI=1S/C17H20ClN3O2S/c1-23-15-7-6-12(9-13(15)18)14(22)10-24-17-19-16(20-21-17)8-11-4-2-3-5-11/h6-7,9,11H,2-5,8,10H2,1H3,(H,19,20,21). The van der Waals surface area contributed by atoms with E-state index in [9.17, 15) is 4.79 Å². The van der Waals surface area contributed by atoms with Crippen molar-refractivity contribution < 1.29 is 9.53 Å². The summed E-state index contributed by atoms with van der Waals surface area (Å²) in [4.78, 5) is 16.8. The van der Waals surface area contributed by atoms with Crippen molar-refractivity contribution in [2.45, 2.75) is 37.3 Å². The Bertz CT molecular complexity index is 714. The molecule has 0 amide bonds. The van der Waals surface area contributed by atoms with Gasteiger partial charge in [0, 0.05) is 12.0 Å². The fourth-order valence-corrected chi connectivity index (χ4v) is 3.94. The number of H-pyrrole nitrogens is 1. The van der Waals surface area contributed by atoms with E-state index in [4.69, 9.17) is 16.3 Å². The Balaban J connectivity index is 1.54. The minimum atomic E-state index is -0.00769. The summed E-state index contributed by atoms with van der Waals surface area (Å²) in [6.07, 6.45) is 6.15. The molecule has 1 aromatic heterocycles. The normalized spacial score (nSPS) is 14.9. The highest BCUT2D eigenvalue weighted by molar-refractivity contribution is 7.99. The number of nitrogens with zero attached hydrogens (tertiary/aromatic N) is 2. The number of methoxy groups -OCH3 is 1. The maximum Gasteiger partial charge on any atom is 0.208 e. The Labute approximate surface area is 150 Å². The number of hydrogen-bond acceptors (Lipinski definition) is 5. The van der Waals surface area contributed by atoms with Gasteiger partial charge in [-0.05, 0) is 24.1 Å². The second kappa shape index (κ2) is 8.03. The number of aromatic amines is 1. The number of ether oxygens (including phenoxy) is 1. The maximum absolute atomic E-state index is 12.3. The Morgan fingerprint density at radius 3 is 2.92 bits per heavy atom. The summed E-state index contributed by atoms with van der Waals surface area (Å²) < 4.78 is 5.09. The van der Waals surface area contributed by atoms with Crippen molar-refractivity contribution >= 4 is 29.1 Å². The number of aromatic nitrogens is 3. The van der Waals surface area contributed by atoms with Gasteiger partial charge in [-0.25, -0.2) is 4.98 Å². The lowest BCUT2D eigenvalue weighted by molar-refractivity contribution is 0.102. The van der Waals surface area contributed by atoms with Crippen LogP contribution in [0.5, 0.6) is 5.75 Å². The van der Waals surface area contributed by atoms with E-state index >= 15 is 0 Å². The summed E-state index contributed by atoms with van der Waals surface area (Å²) in [6, 6.07) is 5.05. The molecule has 3 rings (SSSR count). The number of hydrogen-bond donors (Lipinski definition) is 1. The molecule has 1 aliphatic rings. The van der Waals surface area contributed by atoms with Gasteiger partial charge in [0.15, 0.2) is 5.78 Å². The van der Waals surface area contributed by atoms with Gasteiger partial charge in [0.1, 0.15) is 11.6 Å². The SMILES string of the molecule is COc1ccc(C(=O)CSc2n[nH]c(CC3CCCC3)n2)cc1Cl. The molecule has 0 bridgehead atoms. The van der Waals surface area contributed by atoms with Crippen molar-refractivity contribution in [3.63, 3.8) is 0 Å². The van der Waals surface area contributed by atoms with Gasteiger partial charge in [0.2, 0.25) is 5.16 Å². The van der Waals surface area contributed by atoms with Crippen LogP contribution < -0.4 is 4.74 Å². The summed E-state index contributed by atoms with van der Waals surface area (Å²) in [7, 11) is 1.55. The third-order valence-corrected chi connectivity index (χ3v) is 5.42. The first kappa shape index (κ1) is 17.3. The van der Waals surface area contributed by atoms with E-state index in [-0.39, 0.29) is 11.5 Å². The molecule has 1 N–H and O–H groups in total. The number of benzene rings is 1. The van der Waals surface area contributed by atoms with E-state index in [1.165, 1.54) is 37.4 Å². The molecule has 1 aromatic carbocycles. The highest BCUT2D eigenvalue weighted by Crippen LogP contribution is 2.28. The first-order chi connectivity index (χ1) is 11.7. The zero-order valence-corrected chi connectivity index (χ0v) is 15.1. The van der Waals surface area contributed by atoms with Crippen LogP contribution in [0.2, 0.25) is 5.02 Å². The van der Waals surface area contributed by atoms with Crippen molar-refractivity contribution in [2.24, 2.45) is 5.92 Å². The van der Waals surface area contributed by atoms with Gasteiger partial charge < -0.3 is 4.74 Å². The van der Waals surface area contributed by atoms with E-state index in [1.807, 2.05) is 0 Å². The number of halogens is 1. The molecule has 0 radical (unpaired) electrons. The second-order valence-electron chi connectivity index (χ2n) is 5.98. The monoisotopic (exact) mass is 365 g/mol. The lowest BCUT2D eigenvalue weighted by Gasteiger charge is -2.05. The molecule has 1 aliphatic carbocycles. The van der Waals surface area contributed by atoms with E-state index in [2.05, 4.69) is 15.2 Å². The average Bonchev–Trinajstić information content (AvgIpc) is 3.25. The molecule has 1 saturated carbocycles. The summed E-state index contributed by atoms with van der Waals surface area (Å²) in [5.41, 5.74) is 0.565. The zero-order chi connectivity index (χ0) is 16.9. The Hall–Kier alpha value is -1.53.